The van der Waals surface area contributed by atoms with E-state index in [2.05, 4.69) is 4.74 Å². The lowest BCUT2D eigenvalue weighted by molar-refractivity contribution is -0.274. The van der Waals surface area contributed by atoms with Crippen molar-refractivity contribution in [1.82, 2.24) is 9.30 Å². The van der Waals surface area contributed by atoms with Crippen molar-refractivity contribution in [2.24, 2.45) is 13.0 Å². The molecule has 1 unspecified atom stereocenters. The van der Waals surface area contributed by atoms with E-state index in [1.807, 2.05) is 13.8 Å². The van der Waals surface area contributed by atoms with Gasteiger partial charge in [0.05, 0.1) is 11.5 Å². The fraction of sp³-hybridized carbons (Fsp3) is 0.368. The van der Waals surface area contributed by atoms with Crippen molar-refractivity contribution < 1.29 is 28.2 Å². The summed E-state index contributed by atoms with van der Waals surface area (Å²) >= 11 is 0.964. The third-order valence-electron chi connectivity index (χ3n) is 4.46. The van der Waals surface area contributed by atoms with E-state index in [-0.39, 0.29) is 38.4 Å². The van der Waals surface area contributed by atoms with Crippen LogP contribution in [-0.4, -0.2) is 26.0 Å². The molecular weight excluding hydrogens is 425 g/mol. The molecule has 1 aromatic carbocycles. The Hall–Kier alpha value is -2.79. The Morgan fingerprint density at radius 2 is 1.90 bits per heavy atom. The summed E-state index contributed by atoms with van der Waals surface area (Å²) in [6, 6.07) is 5.13. The third kappa shape index (κ3) is 4.08. The number of aromatic nitrogens is 2. The standard InChI is InChI=1S/C19H19F3N2O5S/c1-9(2)7-12(25)13-14-16(26)24(28)18(27)23(3)17(14)30-15(13)10-5-4-6-11(8-10)29-19(20,21)22/h4-6,8-9,12,25,28H,7H2,1-3H3. The lowest BCUT2D eigenvalue weighted by atomic mass is 9.96. The van der Waals surface area contributed by atoms with E-state index in [1.165, 1.54) is 19.2 Å². The molecule has 0 fully saturated rings. The van der Waals surface area contributed by atoms with Gasteiger partial charge in [-0.3, -0.25) is 9.36 Å². The van der Waals surface area contributed by atoms with E-state index in [0.717, 1.165) is 28.0 Å². The van der Waals surface area contributed by atoms with Gasteiger partial charge in [0.15, 0.2) is 0 Å². The van der Waals surface area contributed by atoms with Crippen molar-refractivity contribution in [2.45, 2.75) is 32.7 Å². The van der Waals surface area contributed by atoms with E-state index in [4.69, 9.17) is 0 Å². The first-order chi connectivity index (χ1) is 13.9. The number of fused-ring (bicyclic) bond motifs is 1. The molecule has 0 bridgehead atoms. The highest BCUT2D eigenvalue weighted by Crippen LogP contribution is 2.42. The van der Waals surface area contributed by atoms with E-state index in [9.17, 15) is 33.1 Å². The highest BCUT2D eigenvalue weighted by molar-refractivity contribution is 7.22. The van der Waals surface area contributed by atoms with E-state index in [0.29, 0.717) is 4.88 Å². The number of thiophene rings is 1. The summed E-state index contributed by atoms with van der Waals surface area (Å²) in [4.78, 5) is 25.2. The molecule has 0 aliphatic rings. The minimum atomic E-state index is -4.88. The van der Waals surface area contributed by atoms with Gasteiger partial charge >= 0.3 is 12.1 Å². The molecule has 0 spiro atoms. The van der Waals surface area contributed by atoms with Crippen molar-refractivity contribution >= 4 is 21.6 Å². The van der Waals surface area contributed by atoms with Gasteiger partial charge in [-0.25, -0.2) is 4.79 Å². The molecule has 3 aromatic rings. The molecule has 1 atom stereocenters. The second-order valence-corrected chi connectivity index (χ2v) is 8.20. The molecule has 3 rings (SSSR count). The Morgan fingerprint density at radius 3 is 2.50 bits per heavy atom. The smallest absolute Gasteiger partial charge is 0.421 e. The SMILES string of the molecule is CC(C)CC(O)c1c(-c2cccc(OC(F)(F)F)c2)sc2c1c(=O)n(O)c(=O)n2C. The van der Waals surface area contributed by atoms with Crippen LogP contribution in [0.3, 0.4) is 0 Å². The highest BCUT2D eigenvalue weighted by atomic mass is 32.1. The molecule has 2 aromatic heterocycles. The summed E-state index contributed by atoms with van der Waals surface area (Å²) in [5, 5.41) is 20.6. The number of nitrogens with zero attached hydrogens (tertiary/aromatic N) is 2. The molecule has 2 N–H and O–H groups in total. The number of halogens is 3. The van der Waals surface area contributed by atoms with Crippen molar-refractivity contribution in [3.63, 3.8) is 0 Å². The molecule has 0 aliphatic heterocycles. The van der Waals surface area contributed by atoms with Crippen molar-refractivity contribution in [1.29, 1.82) is 0 Å². The average Bonchev–Trinajstić information content (AvgIpc) is 3.04. The predicted octanol–water partition coefficient (Wildman–Crippen LogP) is 3.64. The number of benzene rings is 1. The molecule has 30 heavy (non-hydrogen) atoms. The van der Waals surface area contributed by atoms with Crippen LogP contribution in [0.1, 0.15) is 31.9 Å². The highest BCUT2D eigenvalue weighted by Gasteiger charge is 2.32. The van der Waals surface area contributed by atoms with Gasteiger partial charge in [-0.15, -0.1) is 24.5 Å². The van der Waals surface area contributed by atoms with E-state index < -0.39 is 29.5 Å². The summed E-state index contributed by atoms with van der Waals surface area (Å²) < 4.78 is 42.8. The summed E-state index contributed by atoms with van der Waals surface area (Å²) in [6.07, 6.45) is -5.77. The maximum absolute atomic E-state index is 12.6. The van der Waals surface area contributed by atoms with Crippen LogP contribution in [0.25, 0.3) is 20.7 Å². The Morgan fingerprint density at radius 1 is 1.23 bits per heavy atom. The maximum atomic E-state index is 12.6. The predicted molar refractivity (Wildman–Crippen MR) is 105 cm³/mol. The van der Waals surface area contributed by atoms with Crippen LogP contribution in [0.15, 0.2) is 33.9 Å². The minimum absolute atomic E-state index is 0.0339. The fourth-order valence-electron chi connectivity index (χ4n) is 3.23. The molecule has 0 saturated carbocycles. The molecule has 162 valence electrons. The van der Waals surface area contributed by atoms with Crippen LogP contribution in [0.4, 0.5) is 13.2 Å². The first-order valence-corrected chi connectivity index (χ1v) is 9.74. The van der Waals surface area contributed by atoms with Gasteiger partial charge in [-0.2, -0.15) is 0 Å². The third-order valence-corrected chi connectivity index (χ3v) is 5.79. The number of hydrogen-bond acceptors (Lipinski definition) is 6. The first-order valence-electron chi connectivity index (χ1n) is 8.92. The molecule has 0 amide bonds. The van der Waals surface area contributed by atoms with Gasteiger partial charge < -0.3 is 15.1 Å². The monoisotopic (exact) mass is 444 g/mol. The normalized spacial score (nSPS) is 13.2. The molecule has 0 saturated heterocycles. The molecule has 0 aliphatic carbocycles. The lowest BCUT2D eigenvalue weighted by Crippen LogP contribution is -2.37. The number of ether oxygens (including phenoxy) is 1. The Labute approximate surface area is 172 Å². The Balaban J connectivity index is 2.33. The summed E-state index contributed by atoms with van der Waals surface area (Å²) in [5.74, 6) is -0.429. The number of alkyl halides is 3. The topological polar surface area (TPSA) is 93.7 Å². The quantitative estimate of drug-likeness (QED) is 0.586. The van der Waals surface area contributed by atoms with Gasteiger partial charge in [0.1, 0.15) is 10.6 Å². The number of aryl methyl sites for hydroxylation is 1. The largest absolute Gasteiger partial charge is 0.573 e. The molecule has 2 heterocycles. The van der Waals surface area contributed by atoms with Gasteiger partial charge in [-0.05, 0) is 30.0 Å². The van der Waals surface area contributed by atoms with Gasteiger partial charge in [0, 0.05) is 17.5 Å². The van der Waals surface area contributed by atoms with Crippen LogP contribution < -0.4 is 16.0 Å². The number of rotatable bonds is 5. The van der Waals surface area contributed by atoms with Gasteiger partial charge in [0.2, 0.25) is 0 Å². The number of aliphatic hydroxyl groups excluding tert-OH is 1. The van der Waals surface area contributed by atoms with E-state index >= 15 is 0 Å². The molecule has 7 nitrogen and oxygen atoms in total. The average molecular weight is 444 g/mol. The van der Waals surface area contributed by atoms with Crippen LogP contribution in [0, 0.1) is 5.92 Å². The van der Waals surface area contributed by atoms with Gasteiger partial charge in [0.25, 0.3) is 5.56 Å². The Kier molecular flexibility index (Phi) is 5.70. The second kappa shape index (κ2) is 7.80. The van der Waals surface area contributed by atoms with Gasteiger partial charge in [-0.1, -0.05) is 30.7 Å². The van der Waals surface area contributed by atoms with Crippen molar-refractivity contribution in [2.75, 3.05) is 0 Å². The van der Waals surface area contributed by atoms with Crippen LogP contribution in [0.5, 0.6) is 5.75 Å². The summed E-state index contributed by atoms with van der Waals surface area (Å²) in [6.45, 7) is 3.71. The minimum Gasteiger partial charge on any atom is -0.421 e. The van der Waals surface area contributed by atoms with Crippen LogP contribution >= 0.6 is 11.3 Å². The maximum Gasteiger partial charge on any atom is 0.573 e. The number of aliphatic hydroxyl groups is 1. The lowest BCUT2D eigenvalue weighted by Gasteiger charge is -2.15. The zero-order valence-corrected chi connectivity index (χ0v) is 17.0. The second-order valence-electron chi connectivity index (χ2n) is 7.20. The van der Waals surface area contributed by atoms with Crippen molar-refractivity contribution in [3.8, 4) is 16.2 Å². The Bertz CT molecular complexity index is 1210. The van der Waals surface area contributed by atoms with Crippen LogP contribution in [0.2, 0.25) is 0 Å². The first kappa shape index (κ1) is 21.9. The summed E-state index contributed by atoms with van der Waals surface area (Å²) in [7, 11) is 1.35. The van der Waals surface area contributed by atoms with E-state index in [1.54, 1.807) is 0 Å². The summed E-state index contributed by atoms with van der Waals surface area (Å²) in [5.41, 5.74) is -1.56. The number of hydrogen-bond donors (Lipinski definition) is 2. The zero-order valence-electron chi connectivity index (χ0n) is 16.2. The molecule has 11 heteroatoms. The molecule has 0 radical (unpaired) electrons. The van der Waals surface area contributed by atoms with Crippen molar-refractivity contribution in [3.05, 3.63) is 50.7 Å². The molecular formula is C19H19F3N2O5S. The zero-order chi connectivity index (χ0) is 22.4. The van der Waals surface area contributed by atoms with Crippen LogP contribution in [-0.2, 0) is 7.05 Å². The fourth-order valence-corrected chi connectivity index (χ4v) is 4.53.